The van der Waals surface area contributed by atoms with E-state index in [9.17, 15) is 4.79 Å². The summed E-state index contributed by atoms with van der Waals surface area (Å²) in [7, 11) is 0. The van der Waals surface area contributed by atoms with Crippen LogP contribution in [0.1, 0.15) is 54.7 Å². The minimum Gasteiger partial charge on any atom is -0.309 e. The van der Waals surface area contributed by atoms with Gasteiger partial charge in [-0.05, 0) is 70.2 Å². The molecule has 0 saturated carbocycles. The van der Waals surface area contributed by atoms with Gasteiger partial charge in [0, 0.05) is 28.3 Å². The fourth-order valence-electron chi connectivity index (χ4n) is 7.00. The van der Waals surface area contributed by atoms with Crippen LogP contribution in [0.5, 0.6) is 0 Å². The number of fused-ring (bicyclic) bond motifs is 6. The molecule has 3 aliphatic rings. The van der Waals surface area contributed by atoms with Gasteiger partial charge in [0.15, 0.2) is 5.78 Å². The van der Waals surface area contributed by atoms with Crippen molar-refractivity contribution in [1.29, 1.82) is 0 Å². The number of nitrogens with zero attached hydrogens (tertiary/aromatic N) is 1. The second-order valence-corrected chi connectivity index (χ2v) is 12.1. The van der Waals surface area contributed by atoms with E-state index in [0.717, 1.165) is 39.3 Å². The Morgan fingerprint density at radius 3 is 2.28 bits per heavy atom. The molecule has 0 aromatic heterocycles. The maximum absolute atomic E-state index is 14.1. The molecule has 7 rings (SSSR count). The average Bonchev–Trinajstić information content (AvgIpc) is 3.45. The maximum Gasteiger partial charge on any atom is 0.196 e. The molecule has 4 aromatic carbocycles. The Kier molecular flexibility index (Phi) is 6.51. The third kappa shape index (κ3) is 4.20. The van der Waals surface area contributed by atoms with Gasteiger partial charge in [-0.3, -0.25) is 4.79 Å². The number of rotatable bonds is 5. The number of ketones is 1. The van der Waals surface area contributed by atoms with E-state index < -0.39 is 0 Å². The molecule has 0 saturated heterocycles. The second kappa shape index (κ2) is 10.4. The summed E-state index contributed by atoms with van der Waals surface area (Å²) in [6.07, 6.45) is 17.0. The van der Waals surface area contributed by atoms with E-state index in [-0.39, 0.29) is 17.1 Å². The number of hydrogen-bond donors (Lipinski definition) is 0. The van der Waals surface area contributed by atoms with Crippen molar-refractivity contribution in [3.05, 3.63) is 167 Å². The number of carbonyl (C=O) groups is 1. The molecule has 0 fully saturated rings. The zero-order valence-electron chi connectivity index (χ0n) is 25.1. The van der Waals surface area contributed by atoms with Crippen LogP contribution >= 0.6 is 0 Å². The lowest BCUT2D eigenvalue weighted by Crippen LogP contribution is -2.22. The summed E-state index contributed by atoms with van der Waals surface area (Å²) < 4.78 is 0. The Morgan fingerprint density at radius 2 is 1.49 bits per heavy atom. The number of carbonyl (C=O) groups excluding carboxylic acids is 1. The van der Waals surface area contributed by atoms with Crippen molar-refractivity contribution in [2.45, 2.75) is 33.1 Å². The highest BCUT2D eigenvalue weighted by atomic mass is 16.1. The van der Waals surface area contributed by atoms with E-state index in [0.29, 0.717) is 0 Å². The first-order valence-corrected chi connectivity index (χ1v) is 15.1. The lowest BCUT2D eigenvalue weighted by atomic mass is 9.82. The van der Waals surface area contributed by atoms with Crippen molar-refractivity contribution in [3.63, 3.8) is 0 Å². The molecule has 2 heteroatoms. The Balaban J connectivity index is 1.52. The lowest BCUT2D eigenvalue weighted by molar-refractivity contribution is 0.104. The van der Waals surface area contributed by atoms with Gasteiger partial charge >= 0.3 is 0 Å². The van der Waals surface area contributed by atoms with Crippen molar-refractivity contribution >= 4 is 17.2 Å². The largest absolute Gasteiger partial charge is 0.309 e. The van der Waals surface area contributed by atoms with Crippen molar-refractivity contribution in [2.75, 3.05) is 4.90 Å². The van der Waals surface area contributed by atoms with Crippen LogP contribution in [0.15, 0.2) is 145 Å². The Bertz CT molecular complexity index is 1940. The summed E-state index contributed by atoms with van der Waals surface area (Å²) in [6.45, 7) is 8.89. The Hall–Kier alpha value is -4.95. The van der Waals surface area contributed by atoms with Crippen LogP contribution in [-0.2, 0) is 5.41 Å². The first-order valence-electron chi connectivity index (χ1n) is 15.1. The van der Waals surface area contributed by atoms with Crippen LogP contribution in [0.25, 0.3) is 22.3 Å². The van der Waals surface area contributed by atoms with Gasteiger partial charge in [0.1, 0.15) is 0 Å². The predicted octanol–water partition coefficient (Wildman–Crippen LogP) is 10.5. The zero-order valence-corrected chi connectivity index (χ0v) is 25.1. The minimum absolute atomic E-state index is 0.0778. The average molecular weight is 558 g/mol. The number of hydrogen-bond acceptors (Lipinski definition) is 2. The van der Waals surface area contributed by atoms with Gasteiger partial charge in [0.25, 0.3) is 0 Å². The molecule has 0 amide bonds. The molecule has 0 N–H and O–H groups in total. The van der Waals surface area contributed by atoms with Crippen molar-refractivity contribution in [2.24, 2.45) is 5.92 Å². The molecule has 43 heavy (non-hydrogen) atoms. The van der Waals surface area contributed by atoms with E-state index in [2.05, 4.69) is 135 Å². The van der Waals surface area contributed by atoms with E-state index in [1.807, 2.05) is 31.2 Å². The molecule has 1 atom stereocenters. The summed E-state index contributed by atoms with van der Waals surface area (Å²) in [5, 5.41) is 0. The first kappa shape index (κ1) is 26.9. The molecule has 0 heterocycles. The van der Waals surface area contributed by atoms with Crippen LogP contribution in [0.2, 0.25) is 0 Å². The molecule has 1 unspecified atom stereocenters. The summed E-state index contributed by atoms with van der Waals surface area (Å²) in [5.74, 6) is 0.284. The maximum atomic E-state index is 14.1. The second-order valence-electron chi connectivity index (χ2n) is 12.1. The normalized spacial score (nSPS) is 18.6. The predicted molar refractivity (Wildman–Crippen MR) is 180 cm³/mol. The molecule has 0 radical (unpaired) electrons. The Morgan fingerprint density at radius 1 is 0.767 bits per heavy atom. The summed E-state index contributed by atoms with van der Waals surface area (Å²) in [4.78, 5) is 16.4. The SMILES string of the molecule is C\C=C/C=C\C(=C1/C=CC=CC1C)N(c1ccc2c(c1)C(C)(C)c1ccccc1-2)c1cccc2c1C(=O)c1ccccc1-2. The fourth-order valence-corrected chi connectivity index (χ4v) is 7.00. The molecular weight excluding hydrogens is 522 g/mol. The lowest BCUT2D eigenvalue weighted by Gasteiger charge is -2.32. The van der Waals surface area contributed by atoms with Gasteiger partial charge in [0.2, 0.25) is 0 Å². The standard InChI is InChI=1S/C41H35NO/c1-5-6-7-22-37(29-16-9-8-15-27(29)2)42(38-23-14-20-33-30-17-10-11-19-34(30)40(43)39(33)38)28-24-25-32-31-18-12-13-21-35(31)41(3,4)36(32)26-28/h5-27H,1-4H3/b6-5-,22-7-,37-29-. The van der Waals surface area contributed by atoms with Crippen LogP contribution in [0, 0.1) is 5.92 Å². The highest BCUT2D eigenvalue weighted by Gasteiger charge is 2.37. The number of anilines is 2. The third-order valence-corrected chi connectivity index (χ3v) is 9.17. The van der Waals surface area contributed by atoms with Gasteiger partial charge < -0.3 is 4.90 Å². The summed E-state index contributed by atoms with van der Waals surface area (Å²) in [6, 6.07) is 29.8. The minimum atomic E-state index is -0.146. The van der Waals surface area contributed by atoms with Crippen LogP contribution in [0.4, 0.5) is 11.4 Å². The molecule has 3 aliphatic carbocycles. The highest BCUT2D eigenvalue weighted by molar-refractivity contribution is 6.24. The van der Waals surface area contributed by atoms with Crippen LogP contribution in [-0.4, -0.2) is 5.78 Å². The van der Waals surface area contributed by atoms with Crippen LogP contribution in [0.3, 0.4) is 0 Å². The monoisotopic (exact) mass is 557 g/mol. The number of benzene rings is 4. The topological polar surface area (TPSA) is 20.3 Å². The van der Waals surface area contributed by atoms with Crippen molar-refractivity contribution in [3.8, 4) is 22.3 Å². The van der Waals surface area contributed by atoms with E-state index in [1.54, 1.807) is 0 Å². The van der Waals surface area contributed by atoms with Crippen LogP contribution < -0.4 is 4.90 Å². The summed E-state index contributed by atoms with van der Waals surface area (Å²) >= 11 is 0. The van der Waals surface area contributed by atoms with Gasteiger partial charge in [0.05, 0.1) is 11.3 Å². The smallest absolute Gasteiger partial charge is 0.196 e. The zero-order chi connectivity index (χ0) is 29.7. The summed E-state index contributed by atoms with van der Waals surface area (Å²) in [5.41, 5.74) is 12.8. The molecule has 0 aliphatic heterocycles. The number of allylic oxidation sites excluding steroid dienone is 9. The molecule has 0 bridgehead atoms. The van der Waals surface area contributed by atoms with Gasteiger partial charge in [-0.15, -0.1) is 0 Å². The fraction of sp³-hybridized carbons (Fsp3) is 0.146. The quantitative estimate of drug-likeness (QED) is 0.200. The first-order chi connectivity index (χ1) is 20.9. The highest BCUT2D eigenvalue weighted by Crippen LogP contribution is 2.51. The van der Waals surface area contributed by atoms with Crippen molar-refractivity contribution in [1.82, 2.24) is 0 Å². The van der Waals surface area contributed by atoms with Crippen molar-refractivity contribution < 1.29 is 4.79 Å². The van der Waals surface area contributed by atoms with E-state index in [4.69, 9.17) is 0 Å². The third-order valence-electron chi connectivity index (χ3n) is 9.17. The van der Waals surface area contributed by atoms with Gasteiger partial charge in [-0.1, -0.05) is 130 Å². The van der Waals surface area contributed by atoms with E-state index >= 15 is 0 Å². The Labute approximate surface area is 254 Å². The molecule has 4 aromatic rings. The van der Waals surface area contributed by atoms with Gasteiger partial charge in [-0.25, -0.2) is 0 Å². The van der Waals surface area contributed by atoms with Gasteiger partial charge in [-0.2, -0.15) is 0 Å². The molecular formula is C41H35NO. The molecule has 2 nitrogen and oxygen atoms in total. The van der Waals surface area contributed by atoms with E-state index in [1.165, 1.54) is 27.8 Å². The molecule has 210 valence electrons. The molecule has 0 spiro atoms.